The Morgan fingerprint density at radius 3 is 2.70 bits per heavy atom. The normalized spacial score (nSPS) is 14.6. The lowest BCUT2D eigenvalue weighted by atomic mass is 10.0. The van der Waals surface area contributed by atoms with Crippen molar-refractivity contribution in [2.45, 2.75) is 30.3 Å². The van der Waals surface area contributed by atoms with E-state index in [1.54, 1.807) is 0 Å². The molecule has 1 aromatic carbocycles. The van der Waals surface area contributed by atoms with E-state index in [9.17, 15) is 13.2 Å². The number of nitrogens with zero attached hydrogens (tertiary/aromatic N) is 1. The molecular weight excluding hydrogens is 316 g/mol. The van der Waals surface area contributed by atoms with E-state index in [-0.39, 0.29) is 17.1 Å². The highest BCUT2D eigenvalue weighted by molar-refractivity contribution is 7.89. The van der Waals surface area contributed by atoms with Crippen LogP contribution in [0.1, 0.15) is 40.2 Å². The second kappa shape index (κ2) is 6.10. The summed E-state index contributed by atoms with van der Waals surface area (Å²) in [5, 5.41) is 8.65. The van der Waals surface area contributed by atoms with Crippen molar-refractivity contribution in [1.82, 2.24) is 9.71 Å². The predicted molar refractivity (Wildman–Crippen MR) is 83.6 cm³/mol. The number of aromatic carboxylic acids is 1. The number of aromatic nitrogens is 1. The number of hydrogen-bond donors (Lipinski definition) is 2. The van der Waals surface area contributed by atoms with Crippen LogP contribution < -0.4 is 4.72 Å². The summed E-state index contributed by atoms with van der Waals surface area (Å²) in [6, 6.07) is 10.0. The lowest BCUT2D eigenvalue weighted by Crippen LogP contribution is -2.25. The molecule has 1 aliphatic carbocycles. The quantitative estimate of drug-likeness (QED) is 0.845. The monoisotopic (exact) mass is 332 g/mol. The minimum Gasteiger partial charge on any atom is -0.478 e. The highest BCUT2D eigenvalue weighted by Crippen LogP contribution is 2.41. The molecule has 1 heterocycles. The molecule has 23 heavy (non-hydrogen) atoms. The minimum absolute atomic E-state index is 0.112. The Hall–Kier alpha value is -2.25. The number of carboxylic acids is 1. The summed E-state index contributed by atoms with van der Waals surface area (Å²) in [6.07, 6.45) is 3.44. The van der Waals surface area contributed by atoms with Crippen LogP contribution in [0.2, 0.25) is 0 Å². The molecule has 3 rings (SSSR count). The van der Waals surface area contributed by atoms with E-state index in [1.165, 1.54) is 17.8 Å². The topological polar surface area (TPSA) is 96.4 Å². The summed E-state index contributed by atoms with van der Waals surface area (Å²) in [5.41, 5.74) is 1.99. The second-order valence-electron chi connectivity index (χ2n) is 5.49. The molecule has 120 valence electrons. The standard InChI is InChI=1S/C16H16N2O4S/c19-16(20)12-7-8-17-15(9-12)23(21,22)18-10-13-3-1-2-4-14(13)11-5-6-11/h1-4,7-9,11,18H,5-6,10H2,(H,19,20). The van der Waals surface area contributed by atoms with Crippen LogP contribution in [0.15, 0.2) is 47.6 Å². The molecule has 7 heteroatoms. The molecule has 1 aliphatic rings. The van der Waals surface area contributed by atoms with Gasteiger partial charge >= 0.3 is 5.97 Å². The predicted octanol–water partition coefficient (Wildman–Crippen LogP) is 2.14. The summed E-state index contributed by atoms with van der Waals surface area (Å²) < 4.78 is 27.1. The van der Waals surface area contributed by atoms with E-state index >= 15 is 0 Å². The van der Waals surface area contributed by atoms with E-state index in [4.69, 9.17) is 5.11 Å². The molecule has 2 aromatic rings. The van der Waals surface area contributed by atoms with Gasteiger partial charge < -0.3 is 5.11 Å². The molecule has 0 atom stereocenters. The molecule has 0 amide bonds. The number of pyridine rings is 1. The first-order valence-electron chi connectivity index (χ1n) is 7.24. The Morgan fingerprint density at radius 1 is 1.26 bits per heavy atom. The lowest BCUT2D eigenvalue weighted by Gasteiger charge is -2.10. The third-order valence-electron chi connectivity index (χ3n) is 3.78. The largest absolute Gasteiger partial charge is 0.478 e. The number of carbonyl (C=O) groups is 1. The molecule has 1 saturated carbocycles. The first-order valence-corrected chi connectivity index (χ1v) is 8.72. The lowest BCUT2D eigenvalue weighted by molar-refractivity contribution is 0.0696. The van der Waals surface area contributed by atoms with Gasteiger partial charge in [0.1, 0.15) is 0 Å². The Kier molecular flexibility index (Phi) is 4.14. The number of rotatable bonds is 6. The molecule has 2 N–H and O–H groups in total. The SMILES string of the molecule is O=C(O)c1ccnc(S(=O)(=O)NCc2ccccc2C2CC2)c1. The molecule has 0 aliphatic heterocycles. The zero-order chi connectivity index (χ0) is 16.4. The molecule has 0 unspecified atom stereocenters. The number of benzene rings is 1. The summed E-state index contributed by atoms with van der Waals surface area (Å²) in [6.45, 7) is 0.161. The van der Waals surface area contributed by atoms with Gasteiger partial charge in [-0.05, 0) is 42.0 Å². The van der Waals surface area contributed by atoms with Crippen molar-refractivity contribution in [2.75, 3.05) is 0 Å². The fraction of sp³-hybridized carbons (Fsp3) is 0.250. The first kappa shape index (κ1) is 15.6. The third-order valence-corrected chi connectivity index (χ3v) is 5.08. The van der Waals surface area contributed by atoms with Crippen molar-refractivity contribution in [2.24, 2.45) is 0 Å². The third kappa shape index (κ3) is 3.57. The van der Waals surface area contributed by atoms with Gasteiger partial charge in [0.2, 0.25) is 0 Å². The zero-order valence-electron chi connectivity index (χ0n) is 12.3. The molecule has 0 radical (unpaired) electrons. The van der Waals surface area contributed by atoms with Gasteiger partial charge in [-0.15, -0.1) is 0 Å². The highest BCUT2D eigenvalue weighted by Gasteiger charge is 2.26. The Balaban J connectivity index is 1.79. The second-order valence-corrected chi connectivity index (χ2v) is 7.20. The van der Waals surface area contributed by atoms with E-state index < -0.39 is 16.0 Å². The van der Waals surface area contributed by atoms with Crippen LogP contribution in [0.3, 0.4) is 0 Å². The Bertz CT molecular complexity index is 845. The van der Waals surface area contributed by atoms with Gasteiger partial charge in [0.15, 0.2) is 5.03 Å². The van der Waals surface area contributed by atoms with Crippen LogP contribution in [-0.2, 0) is 16.6 Å². The smallest absolute Gasteiger partial charge is 0.335 e. The number of nitrogens with one attached hydrogen (secondary N) is 1. The van der Waals surface area contributed by atoms with Crippen molar-refractivity contribution in [3.8, 4) is 0 Å². The maximum absolute atomic E-state index is 12.3. The maximum Gasteiger partial charge on any atom is 0.335 e. The average Bonchev–Trinajstić information content (AvgIpc) is 3.38. The van der Waals surface area contributed by atoms with Crippen molar-refractivity contribution < 1.29 is 18.3 Å². The van der Waals surface area contributed by atoms with Crippen LogP contribution in [0, 0.1) is 0 Å². The molecule has 1 aromatic heterocycles. The summed E-state index contributed by atoms with van der Waals surface area (Å²) in [7, 11) is -3.86. The number of sulfonamides is 1. The van der Waals surface area contributed by atoms with Gasteiger partial charge in [-0.2, -0.15) is 0 Å². The maximum atomic E-state index is 12.3. The van der Waals surface area contributed by atoms with Crippen LogP contribution in [0.25, 0.3) is 0 Å². The average molecular weight is 332 g/mol. The fourth-order valence-corrected chi connectivity index (χ4v) is 3.40. The van der Waals surface area contributed by atoms with E-state index in [0.29, 0.717) is 5.92 Å². The van der Waals surface area contributed by atoms with Crippen molar-refractivity contribution in [3.63, 3.8) is 0 Å². The van der Waals surface area contributed by atoms with Gasteiger partial charge in [0.05, 0.1) is 5.56 Å². The molecule has 0 bridgehead atoms. The molecule has 0 saturated heterocycles. The number of carboxylic acid groups (broad SMARTS) is 1. The molecule has 6 nitrogen and oxygen atoms in total. The summed E-state index contributed by atoms with van der Waals surface area (Å²) >= 11 is 0. The van der Waals surface area contributed by atoms with Gasteiger partial charge in [-0.25, -0.2) is 22.9 Å². The zero-order valence-corrected chi connectivity index (χ0v) is 13.1. The fourth-order valence-electron chi connectivity index (χ4n) is 2.42. The summed E-state index contributed by atoms with van der Waals surface area (Å²) in [4.78, 5) is 14.7. The molecule has 0 spiro atoms. The van der Waals surface area contributed by atoms with Gasteiger partial charge in [0, 0.05) is 12.7 Å². The molecule has 1 fully saturated rings. The van der Waals surface area contributed by atoms with E-state index in [1.807, 2.05) is 24.3 Å². The van der Waals surface area contributed by atoms with E-state index in [2.05, 4.69) is 9.71 Å². The van der Waals surface area contributed by atoms with E-state index in [0.717, 1.165) is 24.5 Å². The Morgan fingerprint density at radius 2 is 2.00 bits per heavy atom. The van der Waals surface area contributed by atoms with Gasteiger partial charge in [-0.3, -0.25) is 0 Å². The summed E-state index contributed by atoms with van der Waals surface area (Å²) in [5.74, 6) is -0.674. The minimum atomic E-state index is -3.86. The van der Waals surface area contributed by atoms with Crippen LogP contribution >= 0.6 is 0 Å². The highest BCUT2D eigenvalue weighted by atomic mass is 32.2. The number of hydrogen-bond acceptors (Lipinski definition) is 4. The van der Waals surface area contributed by atoms with Crippen molar-refractivity contribution in [3.05, 3.63) is 59.3 Å². The van der Waals surface area contributed by atoms with Crippen molar-refractivity contribution >= 4 is 16.0 Å². The molecular formula is C16H16N2O4S. The Labute approximate surface area is 134 Å². The first-order chi connectivity index (χ1) is 11.0. The van der Waals surface area contributed by atoms with Crippen LogP contribution in [-0.4, -0.2) is 24.5 Å². The van der Waals surface area contributed by atoms with Crippen LogP contribution in [0.4, 0.5) is 0 Å². The van der Waals surface area contributed by atoms with Crippen molar-refractivity contribution in [1.29, 1.82) is 0 Å². The van der Waals surface area contributed by atoms with Gasteiger partial charge in [-0.1, -0.05) is 24.3 Å². The van der Waals surface area contributed by atoms with Crippen LogP contribution in [0.5, 0.6) is 0 Å². The van der Waals surface area contributed by atoms with Gasteiger partial charge in [0.25, 0.3) is 10.0 Å².